The van der Waals surface area contributed by atoms with Crippen LogP contribution in [-0.4, -0.2) is 57.2 Å². The van der Waals surface area contributed by atoms with Crippen LogP contribution in [0.5, 0.6) is 11.5 Å². The van der Waals surface area contributed by atoms with Gasteiger partial charge in [0.15, 0.2) is 0 Å². The third-order valence-electron chi connectivity index (χ3n) is 3.94. The second-order valence-corrected chi connectivity index (χ2v) is 7.76. The third kappa shape index (κ3) is 4.72. The summed E-state index contributed by atoms with van der Waals surface area (Å²) in [6, 6.07) is 10.2. The van der Waals surface area contributed by atoms with E-state index < -0.39 is 10.0 Å². The van der Waals surface area contributed by atoms with Gasteiger partial charge >= 0.3 is 0 Å². The smallest absolute Gasteiger partial charge is 0.243 e. The van der Waals surface area contributed by atoms with E-state index in [1.165, 1.54) is 4.31 Å². The molecule has 1 aromatic heterocycles. The lowest BCUT2D eigenvalue weighted by Gasteiger charge is -2.26. The fourth-order valence-corrected chi connectivity index (χ4v) is 3.91. The van der Waals surface area contributed by atoms with Crippen molar-refractivity contribution in [2.75, 3.05) is 39.5 Å². The first-order valence-corrected chi connectivity index (χ1v) is 9.86. The third-order valence-corrected chi connectivity index (χ3v) is 5.85. The molecule has 2 aromatic rings. The molecule has 0 radical (unpaired) electrons. The van der Waals surface area contributed by atoms with Gasteiger partial charge in [-0.05, 0) is 43.3 Å². The molecule has 1 saturated heterocycles. The maximum absolute atomic E-state index is 12.5. The highest BCUT2D eigenvalue weighted by atomic mass is 32.2. The molecule has 0 amide bonds. The van der Waals surface area contributed by atoms with Crippen molar-refractivity contribution in [2.24, 2.45) is 0 Å². The van der Waals surface area contributed by atoms with Crippen molar-refractivity contribution in [1.82, 2.24) is 9.29 Å². The van der Waals surface area contributed by atoms with Gasteiger partial charge in [0.25, 0.3) is 0 Å². The summed E-state index contributed by atoms with van der Waals surface area (Å²) in [5, 5.41) is 0. The van der Waals surface area contributed by atoms with Gasteiger partial charge in [-0.1, -0.05) is 0 Å². The number of sulfonamides is 1. The maximum atomic E-state index is 12.5. The summed E-state index contributed by atoms with van der Waals surface area (Å²) in [6.45, 7) is 4.25. The summed E-state index contributed by atoms with van der Waals surface area (Å²) in [5.74, 6) is 1.28. The van der Waals surface area contributed by atoms with Crippen molar-refractivity contribution in [3.63, 3.8) is 0 Å². The predicted octanol–water partition coefficient (Wildman–Crippen LogP) is 1.87. The summed E-state index contributed by atoms with van der Waals surface area (Å²) < 4.78 is 42.9. The van der Waals surface area contributed by atoms with Crippen molar-refractivity contribution in [3.05, 3.63) is 48.3 Å². The highest BCUT2D eigenvalue weighted by Gasteiger charge is 2.26. The minimum atomic E-state index is -3.48. The topological polar surface area (TPSA) is 78.0 Å². The Morgan fingerprint density at radius 1 is 1.00 bits per heavy atom. The normalized spacial score (nSPS) is 15.6. The van der Waals surface area contributed by atoms with E-state index in [4.69, 9.17) is 14.2 Å². The SMILES string of the molecule is Cc1ccc(OCCOc2ccc(S(=O)(=O)N3CCOCC3)cc2)cn1. The number of aromatic nitrogens is 1. The zero-order chi connectivity index (χ0) is 18.4. The van der Waals surface area contributed by atoms with Gasteiger partial charge in [-0.2, -0.15) is 4.31 Å². The van der Waals surface area contributed by atoms with Gasteiger partial charge in [0.1, 0.15) is 24.7 Å². The molecule has 1 aliphatic rings. The molecule has 0 saturated carbocycles. The van der Waals surface area contributed by atoms with Crippen LogP contribution in [0.4, 0.5) is 0 Å². The van der Waals surface area contributed by atoms with Gasteiger partial charge in [0.05, 0.1) is 24.3 Å². The van der Waals surface area contributed by atoms with Crippen LogP contribution in [0.1, 0.15) is 5.69 Å². The Labute approximate surface area is 153 Å². The number of ether oxygens (including phenoxy) is 3. The van der Waals surface area contributed by atoms with E-state index >= 15 is 0 Å². The molecule has 0 bridgehead atoms. The Morgan fingerprint density at radius 3 is 2.23 bits per heavy atom. The number of benzene rings is 1. The number of morpholine rings is 1. The molecule has 140 valence electrons. The first kappa shape index (κ1) is 18.6. The Bertz CT molecular complexity index is 800. The Morgan fingerprint density at radius 2 is 1.62 bits per heavy atom. The van der Waals surface area contributed by atoms with Crippen molar-refractivity contribution < 1.29 is 22.6 Å². The first-order valence-electron chi connectivity index (χ1n) is 8.42. The number of hydrogen-bond donors (Lipinski definition) is 0. The van der Waals surface area contributed by atoms with Crippen LogP contribution >= 0.6 is 0 Å². The van der Waals surface area contributed by atoms with Gasteiger partial charge in [0, 0.05) is 18.8 Å². The van der Waals surface area contributed by atoms with E-state index in [-0.39, 0.29) is 4.90 Å². The molecule has 26 heavy (non-hydrogen) atoms. The molecule has 7 nitrogen and oxygen atoms in total. The second-order valence-electron chi connectivity index (χ2n) is 5.82. The fourth-order valence-electron chi connectivity index (χ4n) is 2.50. The lowest BCUT2D eigenvalue weighted by atomic mass is 10.3. The van der Waals surface area contributed by atoms with Gasteiger partial charge in [-0.15, -0.1) is 0 Å². The predicted molar refractivity (Wildman–Crippen MR) is 96.0 cm³/mol. The van der Waals surface area contributed by atoms with E-state index in [0.717, 1.165) is 5.69 Å². The van der Waals surface area contributed by atoms with E-state index in [2.05, 4.69) is 4.98 Å². The molecule has 2 heterocycles. The average molecular weight is 378 g/mol. The molecule has 3 rings (SSSR count). The Hall–Kier alpha value is -2.16. The minimum absolute atomic E-state index is 0.258. The summed E-state index contributed by atoms with van der Waals surface area (Å²) >= 11 is 0. The molecule has 0 atom stereocenters. The fraction of sp³-hybridized carbons (Fsp3) is 0.389. The summed E-state index contributed by atoms with van der Waals surface area (Å²) in [6.07, 6.45) is 1.67. The molecule has 0 spiro atoms. The van der Waals surface area contributed by atoms with Crippen molar-refractivity contribution in [3.8, 4) is 11.5 Å². The molecule has 1 fully saturated rings. The highest BCUT2D eigenvalue weighted by molar-refractivity contribution is 7.89. The lowest BCUT2D eigenvalue weighted by Crippen LogP contribution is -2.40. The maximum Gasteiger partial charge on any atom is 0.243 e. The molecule has 1 aromatic carbocycles. The highest BCUT2D eigenvalue weighted by Crippen LogP contribution is 2.20. The monoisotopic (exact) mass is 378 g/mol. The quantitative estimate of drug-likeness (QED) is 0.685. The second kappa shape index (κ2) is 8.48. The van der Waals surface area contributed by atoms with Crippen molar-refractivity contribution in [1.29, 1.82) is 0 Å². The molecule has 1 aliphatic heterocycles. The summed E-state index contributed by atoms with van der Waals surface area (Å²) in [7, 11) is -3.48. The van der Waals surface area contributed by atoms with E-state index in [9.17, 15) is 8.42 Å². The number of nitrogens with zero attached hydrogens (tertiary/aromatic N) is 2. The molecule has 8 heteroatoms. The van der Waals surface area contributed by atoms with Crippen LogP contribution in [-0.2, 0) is 14.8 Å². The van der Waals surface area contributed by atoms with Crippen molar-refractivity contribution in [2.45, 2.75) is 11.8 Å². The zero-order valence-electron chi connectivity index (χ0n) is 14.6. The van der Waals surface area contributed by atoms with Gasteiger partial charge in [0.2, 0.25) is 10.0 Å². The number of hydrogen-bond acceptors (Lipinski definition) is 6. The van der Waals surface area contributed by atoms with Crippen LogP contribution in [0.2, 0.25) is 0 Å². The van der Waals surface area contributed by atoms with Gasteiger partial charge < -0.3 is 14.2 Å². The average Bonchev–Trinajstić information content (AvgIpc) is 2.68. The van der Waals surface area contributed by atoms with Crippen LogP contribution < -0.4 is 9.47 Å². The lowest BCUT2D eigenvalue weighted by molar-refractivity contribution is 0.0730. The first-order chi connectivity index (χ1) is 12.6. The van der Waals surface area contributed by atoms with E-state index in [0.29, 0.717) is 51.0 Å². The number of pyridine rings is 1. The Kier molecular flexibility index (Phi) is 6.08. The zero-order valence-corrected chi connectivity index (χ0v) is 15.4. The van der Waals surface area contributed by atoms with Crippen LogP contribution in [0.15, 0.2) is 47.5 Å². The Balaban J connectivity index is 1.50. The largest absolute Gasteiger partial charge is 0.490 e. The molecular weight excluding hydrogens is 356 g/mol. The summed E-state index contributed by atoms with van der Waals surface area (Å²) in [5.41, 5.74) is 0.931. The molecule has 0 aliphatic carbocycles. The van der Waals surface area contributed by atoms with E-state index in [1.807, 2.05) is 19.1 Å². The summed E-state index contributed by atoms with van der Waals surface area (Å²) in [4.78, 5) is 4.41. The van der Waals surface area contributed by atoms with Gasteiger partial charge in [-0.3, -0.25) is 4.98 Å². The van der Waals surface area contributed by atoms with E-state index in [1.54, 1.807) is 30.5 Å². The molecule has 0 unspecified atom stereocenters. The van der Waals surface area contributed by atoms with Crippen molar-refractivity contribution >= 4 is 10.0 Å². The van der Waals surface area contributed by atoms with Crippen LogP contribution in [0, 0.1) is 6.92 Å². The number of rotatable bonds is 7. The molecular formula is C18H22N2O5S. The minimum Gasteiger partial charge on any atom is -0.490 e. The van der Waals surface area contributed by atoms with Crippen LogP contribution in [0.25, 0.3) is 0 Å². The standard InChI is InChI=1S/C18H22N2O5S/c1-15-2-3-17(14-19-15)25-13-12-24-16-4-6-18(7-5-16)26(21,22)20-8-10-23-11-9-20/h2-7,14H,8-13H2,1H3. The molecule has 0 N–H and O–H groups in total. The van der Waals surface area contributed by atoms with Gasteiger partial charge in [-0.25, -0.2) is 8.42 Å². The number of aryl methyl sites for hydroxylation is 1. The van der Waals surface area contributed by atoms with Crippen LogP contribution in [0.3, 0.4) is 0 Å².